The fourth-order valence-corrected chi connectivity index (χ4v) is 2.67. The van der Waals surface area contributed by atoms with Crippen LogP contribution in [0.25, 0.3) is 0 Å². The molecule has 1 aromatic carbocycles. The largest absolute Gasteiger partial charge is 0.370 e. The van der Waals surface area contributed by atoms with E-state index in [2.05, 4.69) is 18.7 Å². The number of hydrogen-bond donors (Lipinski definition) is 0. The molecule has 2 rings (SSSR count). The maximum atomic E-state index is 11.2. The predicted octanol–water partition coefficient (Wildman–Crippen LogP) is 3.03. The van der Waals surface area contributed by atoms with Gasteiger partial charge in [-0.2, -0.15) is 0 Å². The van der Waals surface area contributed by atoms with Crippen molar-refractivity contribution in [1.29, 1.82) is 0 Å². The van der Waals surface area contributed by atoms with Crippen LogP contribution in [0.15, 0.2) is 18.2 Å². The van der Waals surface area contributed by atoms with Gasteiger partial charge >= 0.3 is 0 Å². The Morgan fingerprint density at radius 1 is 1.42 bits per heavy atom. The van der Waals surface area contributed by atoms with Crippen molar-refractivity contribution in [3.05, 3.63) is 33.9 Å². The molecule has 5 nitrogen and oxygen atoms in total. The van der Waals surface area contributed by atoms with Gasteiger partial charge in [-0.25, -0.2) is 0 Å². The topological polar surface area (TPSA) is 63.4 Å². The van der Waals surface area contributed by atoms with Crippen LogP contribution in [0.2, 0.25) is 0 Å². The number of nitrogens with zero attached hydrogens (tertiary/aromatic N) is 2. The molecule has 0 radical (unpaired) electrons. The summed E-state index contributed by atoms with van der Waals surface area (Å²) in [5.74, 6) is 0. The summed E-state index contributed by atoms with van der Waals surface area (Å²) in [6.07, 6.45) is 2.93. The van der Waals surface area contributed by atoms with Gasteiger partial charge in [0.15, 0.2) is 6.29 Å². The quantitative estimate of drug-likeness (QED) is 0.477. The Morgan fingerprint density at radius 2 is 2.16 bits per heavy atom. The van der Waals surface area contributed by atoms with Gasteiger partial charge in [0, 0.05) is 36.5 Å². The lowest BCUT2D eigenvalue weighted by molar-refractivity contribution is -0.384. The number of carbonyl (C=O) groups excluding carboxylic acids is 1. The molecule has 102 valence electrons. The highest BCUT2D eigenvalue weighted by Crippen LogP contribution is 2.33. The first-order valence-electron chi connectivity index (χ1n) is 6.41. The number of hydrogen-bond acceptors (Lipinski definition) is 4. The standard InChI is InChI=1S/C14H18N2O3/c1-14(2)6-3-7-15(10-14)13-5-4-12(16(18)19)8-11(13)9-17/h4-5,8-9H,3,6-7,10H2,1-2H3. The molecule has 1 fully saturated rings. The summed E-state index contributed by atoms with van der Waals surface area (Å²) in [5, 5.41) is 10.7. The van der Waals surface area contributed by atoms with Crippen LogP contribution in [-0.4, -0.2) is 24.3 Å². The van der Waals surface area contributed by atoms with E-state index >= 15 is 0 Å². The molecule has 1 saturated heterocycles. The van der Waals surface area contributed by atoms with E-state index in [-0.39, 0.29) is 11.1 Å². The molecule has 1 heterocycles. The van der Waals surface area contributed by atoms with Crippen molar-refractivity contribution in [1.82, 2.24) is 0 Å². The van der Waals surface area contributed by atoms with Gasteiger partial charge in [0.2, 0.25) is 0 Å². The Hall–Kier alpha value is -1.91. The van der Waals surface area contributed by atoms with Crippen molar-refractivity contribution < 1.29 is 9.72 Å². The number of piperidine rings is 1. The molecule has 5 heteroatoms. The number of carbonyl (C=O) groups is 1. The predicted molar refractivity (Wildman–Crippen MR) is 73.7 cm³/mol. The molecular weight excluding hydrogens is 244 g/mol. The van der Waals surface area contributed by atoms with Gasteiger partial charge in [0.1, 0.15) is 0 Å². The zero-order valence-corrected chi connectivity index (χ0v) is 11.3. The lowest BCUT2D eigenvalue weighted by atomic mass is 9.84. The van der Waals surface area contributed by atoms with Crippen molar-refractivity contribution in [3.63, 3.8) is 0 Å². The molecule has 0 amide bonds. The molecule has 1 aliphatic rings. The van der Waals surface area contributed by atoms with Crippen molar-refractivity contribution in [2.75, 3.05) is 18.0 Å². The molecule has 0 N–H and O–H groups in total. The van der Waals surface area contributed by atoms with Crippen molar-refractivity contribution in [2.45, 2.75) is 26.7 Å². The zero-order chi connectivity index (χ0) is 14.0. The first-order valence-corrected chi connectivity index (χ1v) is 6.41. The van der Waals surface area contributed by atoms with Crippen LogP contribution < -0.4 is 4.90 Å². The SMILES string of the molecule is CC1(C)CCCN(c2ccc([N+](=O)[O-])cc2C=O)C1. The summed E-state index contributed by atoms with van der Waals surface area (Å²) >= 11 is 0. The van der Waals surface area contributed by atoms with Gasteiger partial charge in [0.05, 0.1) is 4.92 Å². The average Bonchev–Trinajstić information content (AvgIpc) is 2.36. The maximum Gasteiger partial charge on any atom is 0.270 e. The van der Waals surface area contributed by atoms with Crippen LogP contribution in [0.4, 0.5) is 11.4 Å². The van der Waals surface area contributed by atoms with Crippen LogP contribution in [0, 0.1) is 15.5 Å². The summed E-state index contributed by atoms with van der Waals surface area (Å²) in [6, 6.07) is 4.50. The van der Waals surface area contributed by atoms with Crippen molar-refractivity contribution in [2.24, 2.45) is 5.41 Å². The molecule has 0 aromatic heterocycles. The third kappa shape index (κ3) is 2.92. The van der Waals surface area contributed by atoms with Crippen LogP contribution >= 0.6 is 0 Å². The van der Waals surface area contributed by atoms with Crippen molar-refractivity contribution in [3.8, 4) is 0 Å². The second kappa shape index (κ2) is 4.99. The van der Waals surface area contributed by atoms with E-state index < -0.39 is 4.92 Å². The van der Waals surface area contributed by atoms with E-state index in [0.717, 1.165) is 31.6 Å². The Labute approximate surface area is 112 Å². The second-order valence-corrected chi connectivity index (χ2v) is 5.81. The zero-order valence-electron chi connectivity index (χ0n) is 11.3. The molecule has 0 spiro atoms. The molecule has 0 saturated carbocycles. The number of anilines is 1. The van der Waals surface area contributed by atoms with Gasteiger partial charge in [-0.05, 0) is 24.3 Å². The summed E-state index contributed by atoms with van der Waals surface area (Å²) in [7, 11) is 0. The lowest BCUT2D eigenvalue weighted by Gasteiger charge is -2.39. The number of benzene rings is 1. The Morgan fingerprint density at radius 3 is 2.74 bits per heavy atom. The number of nitro benzene ring substituents is 1. The highest BCUT2D eigenvalue weighted by Gasteiger charge is 2.27. The smallest absolute Gasteiger partial charge is 0.270 e. The third-order valence-corrected chi connectivity index (χ3v) is 3.59. The van der Waals surface area contributed by atoms with E-state index in [4.69, 9.17) is 0 Å². The highest BCUT2D eigenvalue weighted by molar-refractivity contribution is 5.86. The maximum absolute atomic E-state index is 11.2. The molecule has 0 aliphatic carbocycles. The number of aldehydes is 1. The van der Waals surface area contributed by atoms with Crippen LogP contribution in [0.1, 0.15) is 37.0 Å². The normalized spacial score (nSPS) is 18.1. The van der Waals surface area contributed by atoms with Gasteiger partial charge in [-0.15, -0.1) is 0 Å². The van der Waals surface area contributed by atoms with E-state index in [9.17, 15) is 14.9 Å². The van der Waals surface area contributed by atoms with Gasteiger partial charge in [-0.3, -0.25) is 14.9 Å². The summed E-state index contributed by atoms with van der Waals surface area (Å²) in [4.78, 5) is 23.6. The van der Waals surface area contributed by atoms with Crippen LogP contribution in [0.5, 0.6) is 0 Å². The highest BCUT2D eigenvalue weighted by atomic mass is 16.6. The number of rotatable bonds is 3. The molecule has 19 heavy (non-hydrogen) atoms. The number of non-ortho nitro benzene ring substituents is 1. The molecule has 1 aromatic rings. The minimum atomic E-state index is -0.475. The minimum absolute atomic E-state index is 0.0397. The lowest BCUT2D eigenvalue weighted by Crippen LogP contribution is -2.40. The van der Waals surface area contributed by atoms with E-state index in [1.807, 2.05) is 0 Å². The second-order valence-electron chi connectivity index (χ2n) is 5.81. The molecule has 0 bridgehead atoms. The first kappa shape index (κ1) is 13.5. The van der Waals surface area contributed by atoms with Gasteiger partial charge < -0.3 is 4.90 Å². The van der Waals surface area contributed by atoms with Gasteiger partial charge in [-0.1, -0.05) is 13.8 Å². The Bertz CT molecular complexity index is 511. The molecule has 0 unspecified atom stereocenters. The van der Waals surface area contributed by atoms with Crippen LogP contribution in [0.3, 0.4) is 0 Å². The summed E-state index contributed by atoms with van der Waals surface area (Å²) in [6.45, 7) is 6.16. The molecular formula is C14H18N2O3. The third-order valence-electron chi connectivity index (χ3n) is 3.59. The number of nitro groups is 1. The summed E-state index contributed by atoms with van der Waals surface area (Å²) < 4.78 is 0. The first-order chi connectivity index (χ1) is 8.93. The van der Waals surface area contributed by atoms with Crippen molar-refractivity contribution >= 4 is 17.7 Å². The Balaban J connectivity index is 2.34. The van der Waals surface area contributed by atoms with Crippen LogP contribution in [-0.2, 0) is 0 Å². The fourth-order valence-electron chi connectivity index (χ4n) is 2.67. The summed E-state index contributed by atoms with van der Waals surface area (Å²) in [5.41, 5.74) is 1.36. The van der Waals surface area contributed by atoms with Gasteiger partial charge in [0.25, 0.3) is 5.69 Å². The average molecular weight is 262 g/mol. The minimum Gasteiger partial charge on any atom is -0.370 e. The van der Waals surface area contributed by atoms with E-state index in [0.29, 0.717) is 11.8 Å². The van der Waals surface area contributed by atoms with E-state index in [1.165, 1.54) is 12.1 Å². The monoisotopic (exact) mass is 262 g/mol. The van der Waals surface area contributed by atoms with E-state index in [1.54, 1.807) is 6.07 Å². The molecule has 1 aliphatic heterocycles. The fraction of sp³-hybridized carbons (Fsp3) is 0.500. The molecule has 0 atom stereocenters. The Kier molecular flexibility index (Phi) is 3.55.